The summed E-state index contributed by atoms with van der Waals surface area (Å²) >= 11 is 0. The lowest BCUT2D eigenvalue weighted by Crippen LogP contribution is -2.50. The van der Waals surface area contributed by atoms with Gasteiger partial charge in [-0.2, -0.15) is 0 Å². The highest BCUT2D eigenvalue weighted by Crippen LogP contribution is 2.71. The Labute approximate surface area is 230 Å². The van der Waals surface area contributed by atoms with Crippen LogP contribution in [0, 0.1) is 64.6 Å². The molecule has 13 atom stereocenters. The molecule has 0 spiro atoms. The first kappa shape index (κ1) is 25.8. The summed E-state index contributed by atoms with van der Waals surface area (Å²) in [7, 11) is 0. The van der Waals surface area contributed by atoms with Crippen LogP contribution < -0.4 is 0 Å². The standard InChI is InChI=1S/C31H42O8/c1-5-30(3,4)29(35)36-13-20(32)37-25-18-11-17-23(27(33)38-26(17)25)24(18)28(34)39-31(6-2)12-16-10-19(31)22-15-8-7-14(9-15)21(16)22/h14-19,21-26H,5-13H2,1-4H3. The van der Waals surface area contributed by atoms with E-state index in [1.165, 1.54) is 25.7 Å². The van der Waals surface area contributed by atoms with Gasteiger partial charge in [0.15, 0.2) is 6.61 Å². The van der Waals surface area contributed by atoms with E-state index in [-0.39, 0.29) is 23.8 Å². The highest BCUT2D eigenvalue weighted by atomic mass is 16.6. The van der Waals surface area contributed by atoms with E-state index in [0.29, 0.717) is 30.6 Å². The van der Waals surface area contributed by atoms with Gasteiger partial charge >= 0.3 is 23.9 Å². The van der Waals surface area contributed by atoms with Crippen molar-refractivity contribution in [3.63, 3.8) is 0 Å². The second-order valence-electron chi connectivity index (χ2n) is 14.4. The van der Waals surface area contributed by atoms with Crippen molar-refractivity contribution in [2.24, 2.45) is 64.6 Å². The monoisotopic (exact) mass is 542 g/mol. The van der Waals surface area contributed by atoms with Gasteiger partial charge in [-0.05, 0) is 94.8 Å². The van der Waals surface area contributed by atoms with E-state index in [2.05, 4.69) is 6.92 Å². The van der Waals surface area contributed by atoms with Gasteiger partial charge in [-0.3, -0.25) is 14.4 Å². The normalized spacial score (nSPS) is 47.8. The van der Waals surface area contributed by atoms with Crippen molar-refractivity contribution in [3.05, 3.63) is 0 Å². The van der Waals surface area contributed by atoms with E-state index in [4.69, 9.17) is 18.9 Å². The lowest BCUT2D eigenvalue weighted by Gasteiger charge is -2.46. The molecule has 1 heterocycles. The summed E-state index contributed by atoms with van der Waals surface area (Å²) in [5.41, 5.74) is -1.13. The maximum absolute atomic E-state index is 14.0. The van der Waals surface area contributed by atoms with E-state index < -0.39 is 53.6 Å². The van der Waals surface area contributed by atoms with Gasteiger partial charge in [-0.25, -0.2) is 4.79 Å². The molecule has 1 saturated heterocycles. The first-order chi connectivity index (χ1) is 18.6. The number of rotatable bonds is 8. The molecule has 0 radical (unpaired) electrons. The molecule has 7 fully saturated rings. The van der Waals surface area contributed by atoms with Crippen molar-refractivity contribution in [1.29, 1.82) is 0 Å². The Balaban J connectivity index is 1.05. The van der Waals surface area contributed by atoms with Crippen LogP contribution in [0.1, 0.15) is 79.1 Å². The first-order valence-corrected chi connectivity index (χ1v) is 15.4. The van der Waals surface area contributed by atoms with Crippen molar-refractivity contribution in [2.45, 2.75) is 96.9 Å². The summed E-state index contributed by atoms with van der Waals surface area (Å²) < 4.78 is 23.2. The maximum Gasteiger partial charge on any atom is 0.344 e. The smallest absolute Gasteiger partial charge is 0.344 e. The quantitative estimate of drug-likeness (QED) is 0.257. The summed E-state index contributed by atoms with van der Waals surface area (Å²) in [4.78, 5) is 51.9. The summed E-state index contributed by atoms with van der Waals surface area (Å²) in [6, 6.07) is 0. The minimum atomic E-state index is -0.715. The number of carbonyl (C=O) groups is 4. The molecule has 0 N–H and O–H groups in total. The molecule has 8 heteroatoms. The molecule has 1 aliphatic heterocycles. The van der Waals surface area contributed by atoms with Crippen LogP contribution in [0.4, 0.5) is 0 Å². The highest BCUT2D eigenvalue weighted by molar-refractivity contribution is 5.86. The summed E-state index contributed by atoms with van der Waals surface area (Å²) in [5, 5.41) is 0. The Bertz CT molecular complexity index is 1100. The third kappa shape index (κ3) is 3.54. The highest BCUT2D eigenvalue weighted by Gasteiger charge is 2.72. The topological polar surface area (TPSA) is 105 Å². The zero-order valence-electron chi connectivity index (χ0n) is 23.6. The summed E-state index contributed by atoms with van der Waals surface area (Å²) in [6.45, 7) is 7.06. The largest absolute Gasteiger partial charge is 0.459 e. The average molecular weight is 543 g/mol. The van der Waals surface area contributed by atoms with Gasteiger partial charge in [0.1, 0.15) is 17.8 Å². The Kier molecular flexibility index (Phi) is 5.75. The lowest BCUT2D eigenvalue weighted by atomic mass is 9.65. The molecule has 6 bridgehead atoms. The molecule has 6 aliphatic carbocycles. The van der Waals surface area contributed by atoms with Crippen molar-refractivity contribution in [2.75, 3.05) is 6.61 Å². The van der Waals surface area contributed by atoms with E-state index in [0.717, 1.165) is 30.6 Å². The molecule has 7 rings (SSSR count). The molecular formula is C31H42O8. The SMILES string of the molecule is CCC(C)(C)C(=O)OCC(=O)OC1C2CC3C1OC(=O)C3C2C(=O)OC1(CC)CC2CC1C1C3CCC(C3)C21. The van der Waals surface area contributed by atoms with Crippen LogP contribution >= 0.6 is 0 Å². The summed E-state index contributed by atoms with van der Waals surface area (Å²) in [5.74, 6) is 0.771. The Morgan fingerprint density at radius 1 is 1.00 bits per heavy atom. The second-order valence-corrected chi connectivity index (χ2v) is 14.4. The van der Waals surface area contributed by atoms with Crippen LogP contribution in [0.5, 0.6) is 0 Å². The molecule has 6 saturated carbocycles. The third-order valence-corrected chi connectivity index (χ3v) is 12.6. The van der Waals surface area contributed by atoms with Crippen LogP contribution in [0.2, 0.25) is 0 Å². The number of carbonyl (C=O) groups excluding carboxylic acids is 4. The van der Waals surface area contributed by atoms with Crippen LogP contribution in [-0.2, 0) is 38.1 Å². The van der Waals surface area contributed by atoms with Gasteiger partial charge < -0.3 is 18.9 Å². The minimum absolute atomic E-state index is 0.146. The molecule has 0 amide bonds. The number of ether oxygens (including phenoxy) is 4. The molecule has 13 unspecified atom stereocenters. The maximum atomic E-state index is 14.0. The number of esters is 4. The second kappa shape index (κ2) is 8.69. The van der Waals surface area contributed by atoms with Gasteiger partial charge in [-0.15, -0.1) is 0 Å². The number of fused-ring (bicyclic) bond motifs is 10. The Morgan fingerprint density at radius 2 is 1.74 bits per heavy atom. The fourth-order valence-electron chi connectivity index (χ4n) is 10.7. The Morgan fingerprint density at radius 3 is 2.46 bits per heavy atom. The van der Waals surface area contributed by atoms with Gasteiger partial charge in [0.05, 0.1) is 17.3 Å². The fourth-order valence-corrected chi connectivity index (χ4v) is 10.7. The summed E-state index contributed by atoms with van der Waals surface area (Å²) in [6.07, 6.45) is 6.90. The van der Waals surface area contributed by atoms with Crippen molar-refractivity contribution in [3.8, 4) is 0 Å². The first-order valence-electron chi connectivity index (χ1n) is 15.4. The van der Waals surface area contributed by atoms with Crippen molar-refractivity contribution in [1.82, 2.24) is 0 Å². The fraction of sp³-hybridized carbons (Fsp3) is 0.871. The van der Waals surface area contributed by atoms with Crippen LogP contribution in [0.25, 0.3) is 0 Å². The van der Waals surface area contributed by atoms with E-state index >= 15 is 0 Å². The van der Waals surface area contributed by atoms with Crippen molar-refractivity contribution >= 4 is 23.9 Å². The predicted octanol–water partition coefficient (Wildman–Crippen LogP) is 4.08. The molecule has 0 aromatic heterocycles. The molecule has 7 aliphatic rings. The van der Waals surface area contributed by atoms with E-state index in [9.17, 15) is 19.2 Å². The van der Waals surface area contributed by atoms with Crippen LogP contribution in [0.15, 0.2) is 0 Å². The predicted molar refractivity (Wildman–Crippen MR) is 137 cm³/mol. The van der Waals surface area contributed by atoms with E-state index in [1.54, 1.807) is 13.8 Å². The molecule has 0 aromatic carbocycles. The zero-order chi connectivity index (χ0) is 27.4. The molecule has 39 heavy (non-hydrogen) atoms. The number of hydrogen-bond donors (Lipinski definition) is 0. The third-order valence-electron chi connectivity index (χ3n) is 12.6. The molecular weight excluding hydrogens is 500 g/mol. The molecule has 8 nitrogen and oxygen atoms in total. The lowest BCUT2D eigenvalue weighted by molar-refractivity contribution is -0.186. The van der Waals surface area contributed by atoms with Gasteiger partial charge in [0.25, 0.3) is 0 Å². The molecule has 214 valence electrons. The molecule has 0 aromatic rings. The zero-order valence-corrected chi connectivity index (χ0v) is 23.6. The van der Waals surface area contributed by atoms with Crippen LogP contribution in [0.3, 0.4) is 0 Å². The minimum Gasteiger partial charge on any atom is -0.459 e. The number of hydrogen-bond acceptors (Lipinski definition) is 8. The average Bonchev–Trinajstić information content (AvgIpc) is 3.74. The Hall–Kier alpha value is -2.12. The van der Waals surface area contributed by atoms with Gasteiger partial charge in [0.2, 0.25) is 0 Å². The van der Waals surface area contributed by atoms with Crippen molar-refractivity contribution < 1.29 is 38.1 Å². The van der Waals surface area contributed by atoms with Gasteiger partial charge in [0, 0.05) is 17.8 Å². The van der Waals surface area contributed by atoms with Crippen LogP contribution in [-0.4, -0.2) is 48.3 Å². The van der Waals surface area contributed by atoms with Gasteiger partial charge in [-0.1, -0.05) is 13.8 Å². The van der Waals surface area contributed by atoms with E-state index in [1.807, 2.05) is 6.92 Å².